The zero-order valence-electron chi connectivity index (χ0n) is 8.38. The zero-order valence-corrected chi connectivity index (χ0v) is 8.38. The van der Waals surface area contributed by atoms with Gasteiger partial charge in [0, 0.05) is 6.42 Å². The van der Waals surface area contributed by atoms with Crippen LogP contribution in [-0.4, -0.2) is 5.78 Å². The fraction of sp³-hybridized carbons (Fsp3) is 0.750. The first-order valence-electron chi connectivity index (χ1n) is 5.47. The van der Waals surface area contributed by atoms with Gasteiger partial charge in [0.15, 0.2) is 5.78 Å². The van der Waals surface area contributed by atoms with Crippen LogP contribution in [0.25, 0.3) is 0 Å². The number of fused-ring (bicyclic) bond motifs is 1. The molecule has 2 atom stereocenters. The van der Waals surface area contributed by atoms with Crippen LogP contribution in [0.4, 0.5) is 0 Å². The minimum atomic E-state index is 0.398. The summed E-state index contributed by atoms with van der Waals surface area (Å²) in [7, 11) is 0. The van der Waals surface area contributed by atoms with Gasteiger partial charge in [0.1, 0.15) is 0 Å². The van der Waals surface area contributed by atoms with Crippen molar-refractivity contribution in [2.45, 2.75) is 45.4 Å². The SMILES string of the molecule is CC1=CC[C@H]2CCCC[C@H]2CC1=O. The highest BCUT2D eigenvalue weighted by molar-refractivity contribution is 5.95. The Balaban J connectivity index is 2.11. The van der Waals surface area contributed by atoms with Crippen LogP contribution in [0, 0.1) is 11.8 Å². The summed E-state index contributed by atoms with van der Waals surface area (Å²) >= 11 is 0. The van der Waals surface area contributed by atoms with Crippen LogP contribution < -0.4 is 0 Å². The van der Waals surface area contributed by atoms with Crippen molar-refractivity contribution in [1.82, 2.24) is 0 Å². The van der Waals surface area contributed by atoms with Gasteiger partial charge in [0.25, 0.3) is 0 Å². The summed E-state index contributed by atoms with van der Waals surface area (Å²) < 4.78 is 0. The van der Waals surface area contributed by atoms with Crippen molar-refractivity contribution < 1.29 is 4.79 Å². The summed E-state index contributed by atoms with van der Waals surface area (Å²) in [6.07, 6.45) is 9.50. The molecular weight excluding hydrogens is 160 g/mol. The third-order valence-electron chi connectivity index (χ3n) is 3.68. The highest BCUT2D eigenvalue weighted by Gasteiger charge is 2.28. The smallest absolute Gasteiger partial charge is 0.158 e. The maximum Gasteiger partial charge on any atom is 0.158 e. The molecule has 0 unspecified atom stereocenters. The van der Waals surface area contributed by atoms with Crippen molar-refractivity contribution in [1.29, 1.82) is 0 Å². The highest BCUT2D eigenvalue weighted by Crippen LogP contribution is 2.37. The monoisotopic (exact) mass is 178 g/mol. The Hall–Kier alpha value is -0.590. The van der Waals surface area contributed by atoms with E-state index < -0.39 is 0 Å². The number of carbonyl (C=O) groups excluding carboxylic acids is 1. The van der Waals surface area contributed by atoms with Gasteiger partial charge in [-0.2, -0.15) is 0 Å². The molecule has 13 heavy (non-hydrogen) atoms. The van der Waals surface area contributed by atoms with Gasteiger partial charge in [-0.15, -0.1) is 0 Å². The molecule has 0 amide bonds. The van der Waals surface area contributed by atoms with Gasteiger partial charge in [0.05, 0.1) is 0 Å². The molecule has 1 heteroatoms. The molecule has 1 nitrogen and oxygen atoms in total. The number of carbonyl (C=O) groups is 1. The summed E-state index contributed by atoms with van der Waals surface area (Å²) in [6.45, 7) is 1.97. The minimum Gasteiger partial charge on any atom is -0.295 e. The Morgan fingerprint density at radius 1 is 1.23 bits per heavy atom. The molecule has 1 saturated carbocycles. The van der Waals surface area contributed by atoms with E-state index in [0.29, 0.717) is 11.7 Å². The normalized spacial score (nSPS) is 34.8. The van der Waals surface area contributed by atoms with E-state index in [1.807, 2.05) is 6.92 Å². The summed E-state index contributed by atoms with van der Waals surface area (Å²) in [5.74, 6) is 1.92. The second kappa shape index (κ2) is 3.65. The molecule has 0 N–H and O–H groups in total. The van der Waals surface area contributed by atoms with E-state index in [4.69, 9.17) is 0 Å². The van der Waals surface area contributed by atoms with Crippen LogP contribution in [-0.2, 0) is 4.79 Å². The number of hydrogen-bond acceptors (Lipinski definition) is 1. The second-order valence-electron chi connectivity index (χ2n) is 4.55. The number of Topliss-reactive ketones (excluding diaryl/α,β-unsaturated/α-hetero) is 1. The Morgan fingerprint density at radius 3 is 2.69 bits per heavy atom. The Labute approximate surface area is 80.2 Å². The molecule has 2 rings (SSSR count). The summed E-state index contributed by atoms with van der Waals surface area (Å²) in [5.41, 5.74) is 1.01. The molecule has 0 aliphatic heterocycles. The molecule has 0 aromatic carbocycles. The molecule has 2 aliphatic rings. The van der Waals surface area contributed by atoms with Crippen molar-refractivity contribution in [3.05, 3.63) is 11.6 Å². The van der Waals surface area contributed by atoms with E-state index in [1.54, 1.807) is 0 Å². The van der Waals surface area contributed by atoms with Crippen molar-refractivity contribution in [3.8, 4) is 0 Å². The maximum atomic E-state index is 11.6. The average molecular weight is 178 g/mol. The maximum absolute atomic E-state index is 11.6. The molecule has 72 valence electrons. The lowest BCUT2D eigenvalue weighted by Crippen LogP contribution is -2.20. The Morgan fingerprint density at radius 2 is 1.92 bits per heavy atom. The molecule has 2 aliphatic carbocycles. The fourth-order valence-electron chi connectivity index (χ4n) is 2.70. The van der Waals surface area contributed by atoms with E-state index in [-0.39, 0.29) is 0 Å². The average Bonchev–Trinajstić information content (AvgIpc) is 2.28. The molecule has 0 spiro atoms. The first kappa shape index (κ1) is 8.98. The van der Waals surface area contributed by atoms with Gasteiger partial charge >= 0.3 is 0 Å². The Kier molecular flexibility index (Phi) is 2.52. The second-order valence-corrected chi connectivity index (χ2v) is 4.55. The van der Waals surface area contributed by atoms with Gasteiger partial charge in [-0.1, -0.05) is 18.9 Å². The van der Waals surface area contributed by atoms with Gasteiger partial charge in [-0.25, -0.2) is 0 Å². The molecule has 0 saturated heterocycles. The van der Waals surface area contributed by atoms with Crippen LogP contribution in [0.2, 0.25) is 0 Å². The van der Waals surface area contributed by atoms with E-state index in [0.717, 1.165) is 24.3 Å². The van der Waals surface area contributed by atoms with Gasteiger partial charge in [-0.3, -0.25) is 4.79 Å². The van der Waals surface area contributed by atoms with E-state index in [2.05, 4.69) is 6.08 Å². The topological polar surface area (TPSA) is 17.1 Å². The van der Waals surface area contributed by atoms with E-state index >= 15 is 0 Å². The Bertz CT molecular complexity index is 240. The van der Waals surface area contributed by atoms with Gasteiger partial charge in [-0.05, 0) is 43.6 Å². The summed E-state index contributed by atoms with van der Waals surface area (Å²) in [6, 6.07) is 0. The third-order valence-corrected chi connectivity index (χ3v) is 3.68. The first-order chi connectivity index (χ1) is 6.27. The van der Waals surface area contributed by atoms with Crippen molar-refractivity contribution in [2.75, 3.05) is 0 Å². The van der Waals surface area contributed by atoms with Crippen LogP contribution in [0.5, 0.6) is 0 Å². The fourth-order valence-corrected chi connectivity index (χ4v) is 2.70. The van der Waals surface area contributed by atoms with Crippen molar-refractivity contribution in [2.24, 2.45) is 11.8 Å². The zero-order chi connectivity index (χ0) is 9.26. The molecule has 1 fully saturated rings. The summed E-state index contributed by atoms with van der Waals surface area (Å²) in [5, 5.41) is 0. The molecule has 0 radical (unpaired) electrons. The van der Waals surface area contributed by atoms with Crippen LogP contribution in [0.15, 0.2) is 11.6 Å². The number of ketones is 1. The highest BCUT2D eigenvalue weighted by atomic mass is 16.1. The number of allylic oxidation sites excluding steroid dienone is 2. The van der Waals surface area contributed by atoms with Gasteiger partial charge < -0.3 is 0 Å². The van der Waals surface area contributed by atoms with Crippen molar-refractivity contribution >= 4 is 5.78 Å². The molecule has 0 aromatic rings. The summed E-state index contributed by atoms with van der Waals surface area (Å²) in [4.78, 5) is 11.6. The van der Waals surface area contributed by atoms with Crippen molar-refractivity contribution in [3.63, 3.8) is 0 Å². The lowest BCUT2D eigenvalue weighted by atomic mass is 9.76. The largest absolute Gasteiger partial charge is 0.295 e. The minimum absolute atomic E-state index is 0.398. The molecular formula is C12H18O. The lowest BCUT2D eigenvalue weighted by molar-refractivity contribution is -0.116. The predicted molar refractivity (Wildman–Crippen MR) is 53.4 cm³/mol. The number of rotatable bonds is 0. The molecule has 0 heterocycles. The predicted octanol–water partition coefficient (Wildman–Crippen LogP) is 3.10. The number of hydrogen-bond donors (Lipinski definition) is 0. The van der Waals surface area contributed by atoms with Crippen LogP contribution in [0.1, 0.15) is 45.4 Å². The molecule has 0 aromatic heterocycles. The standard InChI is InChI=1S/C12H18O/c1-9-6-7-10-4-2-3-5-11(10)8-12(9)13/h6,10-11H,2-5,7-8H2,1H3/t10-,11+/m1/s1. The lowest BCUT2D eigenvalue weighted by Gasteiger charge is -2.28. The van der Waals surface area contributed by atoms with Crippen LogP contribution in [0.3, 0.4) is 0 Å². The third kappa shape index (κ3) is 1.84. The quantitative estimate of drug-likeness (QED) is 0.557. The van der Waals surface area contributed by atoms with Crippen LogP contribution >= 0.6 is 0 Å². The van der Waals surface area contributed by atoms with Gasteiger partial charge in [0.2, 0.25) is 0 Å². The van der Waals surface area contributed by atoms with E-state index in [9.17, 15) is 4.79 Å². The molecule has 0 bridgehead atoms. The first-order valence-corrected chi connectivity index (χ1v) is 5.47. The van der Waals surface area contributed by atoms with E-state index in [1.165, 1.54) is 25.7 Å².